The number of rotatable bonds is 6. The number of anilines is 1. The molecule has 0 spiro atoms. The van der Waals surface area contributed by atoms with Gasteiger partial charge in [-0.2, -0.15) is 5.10 Å². The first-order chi connectivity index (χ1) is 14.1. The van der Waals surface area contributed by atoms with Gasteiger partial charge in [0.2, 0.25) is 10.0 Å². The zero-order valence-corrected chi connectivity index (χ0v) is 18.9. The number of aromatic nitrogens is 2. The topological polar surface area (TPSA) is 93.1 Å². The van der Waals surface area contributed by atoms with Crippen molar-refractivity contribution < 1.29 is 13.2 Å². The van der Waals surface area contributed by atoms with E-state index in [0.29, 0.717) is 28.5 Å². The summed E-state index contributed by atoms with van der Waals surface area (Å²) in [5, 5.41) is 7.79. The van der Waals surface area contributed by atoms with Crippen LogP contribution in [0.1, 0.15) is 27.2 Å². The van der Waals surface area contributed by atoms with Gasteiger partial charge in [0.1, 0.15) is 5.15 Å². The summed E-state index contributed by atoms with van der Waals surface area (Å²) in [5.41, 5.74) is 2.36. The molecule has 0 aliphatic carbocycles. The monoisotopic (exact) mass is 466 g/mol. The average Bonchev–Trinajstić information content (AvgIpc) is 2.98. The van der Waals surface area contributed by atoms with Gasteiger partial charge in [-0.1, -0.05) is 47.5 Å². The van der Waals surface area contributed by atoms with Crippen molar-refractivity contribution in [1.82, 2.24) is 14.5 Å². The number of nitrogens with zero attached hydrogens (tertiary/aromatic N) is 2. The van der Waals surface area contributed by atoms with Crippen LogP contribution in [0.3, 0.4) is 0 Å². The molecule has 2 aromatic carbocycles. The van der Waals surface area contributed by atoms with E-state index < -0.39 is 15.9 Å². The molecule has 3 aromatic rings. The summed E-state index contributed by atoms with van der Waals surface area (Å²) in [4.78, 5) is 12.9. The minimum atomic E-state index is -3.66. The lowest BCUT2D eigenvalue weighted by molar-refractivity contribution is 0.102. The molecule has 1 amide bonds. The van der Waals surface area contributed by atoms with E-state index in [1.807, 2.05) is 18.2 Å². The van der Waals surface area contributed by atoms with E-state index in [0.717, 1.165) is 5.56 Å². The second-order valence-corrected chi connectivity index (χ2v) is 9.26. The van der Waals surface area contributed by atoms with Gasteiger partial charge in [-0.3, -0.25) is 4.79 Å². The van der Waals surface area contributed by atoms with Gasteiger partial charge in [0.05, 0.1) is 22.7 Å². The van der Waals surface area contributed by atoms with E-state index in [4.69, 9.17) is 23.2 Å². The molecule has 2 N–H and O–H groups in total. The number of hydrogen-bond acceptors (Lipinski definition) is 4. The zero-order chi connectivity index (χ0) is 22.1. The summed E-state index contributed by atoms with van der Waals surface area (Å²) < 4.78 is 28.1. The van der Waals surface area contributed by atoms with Gasteiger partial charge in [-0.05, 0) is 50.2 Å². The first-order valence-electron chi connectivity index (χ1n) is 8.96. The quantitative estimate of drug-likeness (QED) is 0.573. The molecular formula is C20H20Cl2N4O3S. The van der Waals surface area contributed by atoms with Crippen LogP contribution < -0.4 is 10.0 Å². The number of nitrogens with one attached hydrogen (secondary N) is 2. The molecule has 7 nitrogen and oxygen atoms in total. The Labute approximate surface area is 185 Å². The highest BCUT2D eigenvalue weighted by Crippen LogP contribution is 2.25. The molecule has 158 valence electrons. The minimum Gasteiger partial charge on any atom is -0.322 e. The van der Waals surface area contributed by atoms with E-state index in [1.54, 1.807) is 32.0 Å². The number of carbonyl (C=O) groups is 1. The molecular weight excluding hydrogens is 447 g/mol. The van der Waals surface area contributed by atoms with Gasteiger partial charge in [-0.15, -0.1) is 0 Å². The van der Waals surface area contributed by atoms with Gasteiger partial charge >= 0.3 is 0 Å². The van der Waals surface area contributed by atoms with Crippen LogP contribution in [0, 0.1) is 13.8 Å². The lowest BCUT2D eigenvalue weighted by Crippen LogP contribution is -2.20. The van der Waals surface area contributed by atoms with Crippen LogP contribution >= 0.6 is 23.2 Å². The highest BCUT2D eigenvalue weighted by atomic mass is 35.5. The predicted octanol–water partition coefficient (Wildman–Crippen LogP) is 4.02. The summed E-state index contributed by atoms with van der Waals surface area (Å²) in [6, 6.07) is 11.9. The summed E-state index contributed by atoms with van der Waals surface area (Å²) in [7, 11) is -2.33. The Kier molecular flexibility index (Phi) is 6.52. The van der Waals surface area contributed by atoms with Gasteiger partial charge in [0, 0.05) is 10.7 Å². The highest BCUT2D eigenvalue weighted by molar-refractivity contribution is 7.89. The van der Waals surface area contributed by atoms with Crippen molar-refractivity contribution in [2.75, 3.05) is 12.4 Å². The van der Waals surface area contributed by atoms with Gasteiger partial charge in [0.15, 0.2) is 0 Å². The van der Waals surface area contributed by atoms with E-state index in [1.165, 1.54) is 17.8 Å². The second-order valence-electron chi connectivity index (χ2n) is 6.64. The van der Waals surface area contributed by atoms with Crippen LogP contribution in [0.25, 0.3) is 0 Å². The molecule has 0 bridgehead atoms. The molecule has 0 aliphatic heterocycles. The van der Waals surface area contributed by atoms with Crippen LogP contribution in [0.15, 0.2) is 47.4 Å². The van der Waals surface area contributed by atoms with Crippen molar-refractivity contribution in [3.05, 3.63) is 75.0 Å². The smallest absolute Gasteiger partial charge is 0.260 e. The summed E-state index contributed by atoms with van der Waals surface area (Å²) in [6.07, 6.45) is 0. The van der Waals surface area contributed by atoms with Crippen molar-refractivity contribution >= 4 is 44.8 Å². The van der Waals surface area contributed by atoms with Crippen LogP contribution in [0.2, 0.25) is 10.2 Å². The number of sulfonamides is 1. The van der Waals surface area contributed by atoms with Crippen molar-refractivity contribution in [2.24, 2.45) is 0 Å². The van der Waals surface area contributed by atoms with E-state index in [-0.39, 0.29) is 15.6 Å². The fourth-order valence-corrected chi connectivity index (χ4v) is 4.48. The lowest BCUT2D eigenvalue weighted by atomic mass is 10.2. The molecule has 0 fully saturated rings. The third-order valence-corrected chi connectivity index (χ3v) is 6.88. The second kappa shape index (κ2) is 8.77. The van der Waals surface area contributed by atoms with Gasteiger partial charge in [-0.25, -0.2) is 17.8 Å². The average molecular weight is 467 g/mol. The molecule has 10 heteroatoms. The molecule has 0 saturated carbocycles. The maximum absolute atomic E-state index is 12.9. The predicted molar refractivity (Wildman–Crippen MR) is 118 cm³/mol. The van der Waals surface area contributed by atoms with E-state index in [2.05, 4.69) is 15.1 Å². The van der Waals surface area contributed by atoms with Crippen LogP contribution in [-0.2, 0) is 16.6 Å². The molecule has 0 unspecified atom stereocenters. The fourth-order valence-electron chi connectivity index (χ4n) is 2.97. The molecule has 1 heterocycles. The molecule has 0 atom stereocenters. The Hall–Kier alpha value is -2.39. The van der Waals surface area contributed by atoms with Crippen molar-refractivity contribution in [3.8, 4) is 0 Å². The zero-order valence-electron chi connectivity index (χ0n) is 16.5. The number of carbonyl (C=O) groups excluding carboxylic acids is 1. The number of amides is 1. The third kappa shape index (κ3) is 4.52. The maximum Gasteiger partial charge on any atom is 0.260 e. The fraction of sp³-hybridized carbons (Fsp3) is 0.200. The molecule has 0 saturated heterocycles. The van der Waals surface area contributed by atoms with Crippen molar-refractivity contribution in [2.45, 2.75) is 25.3 Å². The lowest BCUT2D eigenvalue weighted by Gasteiger charge is -2.10. The SMILES string of the molecule is CNS(=O)(=O)c1cc(NC(=O)c2c(C)nn(Cc3ccccc3Cl)c2Cl)ccc1C. The molecule has 1 aromatic heterocycles. The van der Waals surface area contributed by atoms with Gasteiger partial charge in [0.25, 0.3) is 5.91 Å². The molecule has 3 rings (SSSR count). The van der Waals surface area contributed by atoms with Crippen molar-refractivity contribution in [3.63, 3.8) is 0 Å². The summed E-state index contributed by atoms with van der Waals surface area (Å²) in [5.74, 6) is -0.487. The Bertz CT molecular complexity index is 1220. The van der Waals surface area contributed by atoms with Crippen LogP contribution in [-0.4, -0.2) is 31.2 Å². The molecule has 0 radical (unpaired) electrons. The Balaban J connectivity index is 1.89. The number of benzene rings is 2. The number of aryl methyl sites for hydroxylation is 2. The minimum absolute atomic E-state index is 0.0834. The highest BCUT2D eigenvalue weighted by Gasteiger charge is 2.22. The number of hydrogen-bond donors (Lipinski definition) is 2. The molecule has 0 aliphatic rings. The summed E-state index contributed by atoms with van der Waals surface area (Å²) in [6.45, 7) is 3.66. The van der Waals surface area contributed by atoms with Crippen molar-refractivity contribution in [1.29, 1.82) is 0 Å². The van der Waals surface area contributed by atoms with E-state index >= 15 is 0 Å². The summed E-state index contributed by atoms with van der Waals surface area (Å²) >= 11 is 12.6. The van der Waals surface area contributed by atoms with Crippen LogP contribution in [0.4, 0.5) is 5.69 Å². The third-order valence-electron chi connectivity index (χ3n) is 4.57. The van der Waals surface area contributed by atoms with E-state index in [9.17, 15) is 13.2 Å². The maximum atomic E-state index is 12.9. The molecule has 30 heavy (non-hydrogen) atoms. The first kappa shape index (κ1) is 22.3. The standard InChI is InChI=1S/C20H20Cl2N4O3S/c1-12-8-9-15(10-17(12)30(28,29)23-3)24-20(27)18-13(2)25-26(19(18)22)11-14-6-4-5-7-16(14)21/h4-10,23H,11H2,1-3H3,(H,24,27). The van der Waals surface area contributed by atoms with Crippen LogP contribution in [0.5, 0.6) is 0 Å². The Morgan fingerprint density at radius 1 is 1.13 bits per heavy atom. The number of halogens is 2. The largest absolute Gasteiger partial charge is 0.322 e. The Morgan fingerprint density at radius 2 is 1.83 bits per heavy atom. The van der Waals surface area contributed by atoms with Gasteiger partial charge < -0.3 is 5.32 Å². The Morgan fingerprint density at radius 3 is 2.50 bits per heavy atom. The normalized spacial score (nSPS) is 11.5. The first-order valence-corrected chi connectivity index (χ1v) is 11.2.